The van der Waals surface area contributed by atoms with E-state index in [0.717, 1.165) is 12.1 Å². The fourth-order valence-corrected chi connectivity index (χ4v) is 2.57. The molecule has 2 heteroatoms. The normalized spacial score (nSPS) is 13.3. The maximum Gasteiger partial charge on any atom is 0.0671 e. The number of fused-ring (bicyclic) bond motifs is 3. The molecule has 2 aromatic rings. The van der Waals surface area contributed by atoms with Gasteiger partial charge in [0.2, 0.25) is 0 Å². The molecule has 1 N–H and O–H groups in total. The molecule has 0 bridgehead atoms. The Balaban J connectivity index is 1.84. The summed E-state index contributed by atoms with van der Waals surface area (Å²) in [6, 6.07) is 17.3. The molecule has 0 spiro atoms. The van der Waals surface area contributed by atoms with Gasteiger partial charge in [0.15, 0.2) is 0 Å². The van der Waals surface area contributed by atoms with Gasteiger partial charge in [-0.1, -0.05) is 30.3 Å². The number of benzene rings is 2. The molecule has 2 aromatic carbocycles. The second-order valence-corrected chi connectivity index (χ2v) is 5.12. The highest BCUT2D eigenvalue weighted by atomic mass is 14.9. The largest absolute Gasteiger partial charge is 0.384 e. The topological polar surface area (TPSA) is 35.8 Å². The Morgan fingerprint density at radius 3 is 2.79 bits per heavy atom. The van der Waals surface area contributed by atoms with Crippen molar-refractivity contribution < 1.29 is 0 Å². The lowest BCUT2D eigenvalue weighted by Gasteiger charge is -2.09. The number of rotatable bonds is 3. The number of nitrogens with zero attached hydrogens (tertiary/aromatic N) is 1. The summed E-state index contributed by atoms with van der Waals surface area (Å²) >= 11 is 0. The van der Waals surface area contributed by atoms with E-state index in [1.54, 1.807) is 0 Å². The van der Waals surface area contributed by atoms with Gasteiger partial charge < -0.3 is 5.32 Å². The van der Waals surface area contributed by atoms with E-state index in [-0.39, 0.29) is 5.92 Å². The van der Waals surface area contributed by atoms with Crippen LogP contribution in [0.4, 0.5) is 5.69 Å². The van der Waals surface area contributed by atoms with Gasteiger partial charge in [0.05, 0.1) is 12.0 Å². The van der Waals surface area contributed by atoms with E-state index >= 15 is 0 Å². The van der Waals surface area contributed by atoms with Gasteiger partial charge in [-0.2, -0.15) is 5.26 Å². The van der Waals surface area contributed by atoms with Crippen LogP contribution in [0.3, 0.4) is 0 Å². The molecule has 1 atom stereocenters. The molecule has 0 amide bonds. The van der Waals surface area contributed by atoms with E-state index in [9.17, 15) is 0 Å². The minimum atomic E-state index is 0.0328. The zero-order valence-corrected chi connectivity index (χ0v) is 11.0. The minimum Gasteiger partial charge on any atom is -0.384 e. The number of anilines is 1. The van der Waals surface area contributed by atoms with Crippen LogP contribution in [0, 0.1) is 17.2 Å². The maximum atomic E-state index is 8.80. The molecular weight excluding hydrogens is 232 g/mol. The van der Waals surface area contributed by atoms with Gasteiger partial charge in [-0.05, 0) is 47.7 Å². The van der Waals surface area contributed by atoms with Gasteiger partial charge in [-0.25, -0.2) is 0 Å². The van der Waals surface area contributed by atoms with Crippen molar-refractivity contribution in [2.45, 2.75) is 13.3 Å². The quantitative estimate of drug-likeness (QED) is 0.764. The third-order valence-electron chi connectivity index (χ3n) is 3.63. The molecule has 0 saturated carbocycles. The van der Waals surface area contributed by atoms with E-state index in [0.29, 0.717) is 6.54 Å². The average molecular weight is 248 g/mol. The number of hydrogen-bond donors (Lipinski definition) is 1. The predicted octanol–water partition coefficient (Wildman–Crippen LogP) is 3.83. The van der Waals surface area contributed by atoms with Crippen LogP contribution in [0.2, 0.25) is 0 Å². The molecule has 2 nitrogen and oxygen atoms in total. The Hall–Kier alpha value is -2.27. The van der Waals surface area contributed by atoms with Crippen LogP contribution in [-0.2, 0) is 6.42 Å². The highest BCUT2D eigenvalue weighted by Crippen LogP contribution is 2.37. The molecule has 0 fully saturated rings. The molecule has 0 aromatic heterocycles. The molecule has 1 aliphatic carbocycles. The van der Waals surface area contributed by atoms with Crippen molar-refractivity contribution in [1.29, 1.82) is 5.26 Å². The van der Waals surface area contributed by atoms with Crippen LogP contribution in [0.15, 0.2) is 42.5 Å². The average Bonchev–Trinajstić information content (AvgIpc) is 2.82. The number of nitriles is 1. The summed E-state index contributed by atoms with van der Waals surface area (Å²) < 4.78 is 0. The first-order valence-corrected chi connectivity index (χ1v) is 6.62. The van der Waals surface area contributed by atoms with E-state index in [4.69, 9.17) is 5.26 Å². The zero-order chi connectivity index (χ0) is 13.2. The SMILES string of the molecule is CC(C#N)CNc1ccc2c(c1)Cc1ccccc1-2. The molecule has 0 heterocycles. The van der Waals surface area contributed by atoms with Crippen LogP contribution in [-0.4, -0.2) is 6.54 Å². The lowest BCUT2D eigenvalue weighted by atomic mass is 10.1. The summed E-state index contributed by atoms with van der Waals surface area (Å²) in [7, 11) is 0. The second-order valence-electron chi connectivity index (χ2n) is 5.12. The van der Waals surface area contributed by atoms with Gasteiger partial charge in [0.1, 0.15) is 0 Å². The van der Waals surface area contributed by atoms with Gasteiger partial charge >= 0.3 is 0 Å². The minimum absolute atomic E-state index is 0.0328. The van der Waals surface area contributed by atoms with Crippen molar-refractivity contribution in [1.82, 2.24) is 0 Å². The molecule has 94 valence electrons. The third-order valence-corrected chi connectivity index (χ3v) is 3.63. The Morgan fingerprint density at radius 2 is 1.95 bits per heavy atom. The Labute approximate surface area is 113 Å². The first-order valence-electron chi connectivity index (χ1n) is 6.62. The third kappa shape index (κ3) is 2.20. The highest BCUT2D eigenvalue weighted by Gasteiger charge is 2.17. The fraction of sp³-hybridized carbons (Fsp3) is 0.235. The predicted molar refractivity (Wildman–Crippen MR) is 78.0 cm³/mol. The Morgan fingerprint density at radius 1 is 1.16 bits per heavy atom. The summed E-state index contributed by atoms with van der Waals surface area (Å²) in [5.74, 6) is 0.0328. The molecular formula is C17H16N2. The molecule has 1 aliphatic rings. The Kier molecular flexibility index (Phi) is 2.97. The summed E-state index contributed by atoms with van der Waals surface area (Å²) in [6.45, 7) is 2.62. The molecule has 3 rings (SSSR count). The van der Waals surface area contributed by atoms with E-state index in [1.165, 1.54) is 22.3 Å². The molecule has 0 aliphatic heterocycles. The van der Waals surface area contributed by atoms with Crippen molar-refractivity contribution in [2.24, 2.45) is 5.92 Å². The monoisotopic (exact) mass is 248 g/mol. The smallest absolute Gasteiger partial charge is 0.0671 e. The molecule has 0 saturated heterocycles. The van der Waals surface area contributed by atoms with Crippen molar-refractivity contribution in [3.05, 3.63) is 53.6 Å². The lowest BCUT2D eigenvalue weighted by molar-refractivity contribution is 0.786. The fourth-order valence-electron chi connectivity index (χ4n) is 2.57. The molecule has 0 radical (unpaired) electrons. The molecule has 19 heavy (non-hydrogen) atoms. The second kappa shape index (κ2) is 4.78. The maximum absolute atomic E-state index is 8.80. The lowest BCUT2D eigenvalue weighted by Crippen LogP contribution is -2.09. The van der Waals surface area contributed by atoms with Crippen molar-refractivity contribution in [3.8, 4) is 17.2 Å². The first-order chi connectivity index (χ1) is 9.28. The van der Waals surface area contributed by atoms with Crippen LogP contribution in [0.5, 0.6) is 0 Å². The van der Waals surface area contributed by atoms with Crippen molar-refractivity contribution >= 4 is 5.69 Å². The van der Waals surface area contributed by atoms with Gasteiger partial charge in [-0.15, -0.1) is 0 Å². The number of nitrogens with one attached hydrogen (secondary N) is 1. The van der Waals surface area contributed by atoms with E-state index in [2.05, 4.69) is 53.9 Å². The Bertz CT molecular complexity index is 653. The summed E-state index contributed by atoms with van der Waals surface area (Å²) in [6.07, 6.45) is 1.01. The zero-order valence-electron chi connectivity index (χ0n) is 11.0. The van der Waals surface area contributed by atoms with Crippen LogP contribution in [0.1, 0.15) is 18.1 Å². The van der Waals surface area contributed by atoms with E-state index in [1.807, 2.05) is 6.92 Å². The highest BCUT2D eigenvalue weighted by molar-refractivity contribution is 5.78. The summed E-state index contributed by atoms with van der Waals surface area (Å²) in [4.78, 5) is 0. The van der Waals surface area contributed by atoms with Crippen LogP contribution in [0.25, 0.3) is 11.1 Å². The van der Waals surface area contributed by atoms with Gasteiger partial charge in [-0.3, -0.25) is 0 Å². The van der Waals surface area contributed by atoms with Crippen LogP contribution >= 0.6 is 0 Å². The van der Waals surface area contributed by atoms with Crippen molar-refractivity contribution in [2.75, 3.05) is 11.9 Å². The van der Waals surface area contributed by atoms with Crippen molar-refractivity contribution in [3.63, 3.8) is 0 Å². The molecule has 1 unspecified atom stereocenters. The van der Waals surface area contributed by atoms with E-state index < -0.39 is 0 Å². The van der Waals surface area contributed by atoms with Crippen LogP contribution < -0.4 is 5.32 Å². The first kappa shape index (κ1) is 11.8. The standard InChI is InChI=1S/C17H16N2/c1-12(10-18)11-19-15-6-7-17-14(9-15)8-13-4-2-3-5-16(13)17/h2-7,9,12,19H,8,11H2,1H3. The van der Waals surface area contributed by atoms with Gasteiger partial charge in [0, 0.05) is 12.2 Å². The number of hydrogen-bond acceptors (Lipinski definition) is 2. The summed E-state index contributed by atoms with van der Waals surface area (Å²) in [5.41, 5.74) is 6.58. The van der Waals surface area contributed by atoms with Gasteiger partial charge in [0.25, 0.3) is 0 Å². The summed E-state index contributed by atoms with van der Waals surface area (Å²) in [5, 5.41) is 12.1.